The van der Waals surface area contributed by atoms with E-state index in [-0.39, 0.29) is 16.5 Å². The van der Waals surface area contributed by atoms with Crippen molar-refractivity contribution >= 4 is 35.0 Å². The standard InChI is InChI=1S/C18H15ClF3N5OS/c1-10-5-11(2)27(26-10)15-7-17(24-9-23-15)29-8-16(28)25-14-4-3-12(19)6-13(14)18(20,21)22/h3-7,9H,8H2,1-2H3,(H,25,28). The summed E-state index contributed by atoms with van der Waals surface area (Å²) >= 11 is 6.71. The van der Waals surface area contributed by atoms with E-state index < -0.39 is 17.6 Å². The third-order valence-corrected chi connectivity index (χ3v) is 4.93. The number of halogens is 4. The van der Waals surface area contributed by atoms with Gasteiger partial charge in [0.25, 0.3) is 0 Å². The molecule has 6 nitrogen and oxygen atoms in total. The van der Waals surface area contributed by atoms with Crippen LogP contribution in [0.1, 0.15) is 17.0 Å². The lowest BCUT2D eigenvalue weighted by molar-refractivity contribution is -0.137. The molecular formula is C18H15ClF3N5OS. The van der Waals surface area contributed by atoms with Gasteiger partial charge in [0, 0.05) is 16.8 Å². The van der Waals surface area contributed by atoms with Crippen LogP contribution in [-0.2, 0) is 11.0 Å². The molecule has 1 N–H and O–H groups in total. The van der Waals surface area contributed by atoms with Crippen LogP contribution < -0.4 is 5.32 Å². The minimum absolute atomic E-state index is 0.0673. The highest BCUT2D eigenvalue weighted by atomic mass is 35.5. The van der Waals surface area contributed by atoms with Crippen molar-refractivity contribution in [3.8, 4) is 5.82 Å². The highest BCUT2D eigenvalue weighted by Gasteiger charge is 2.34. The van der Waals surface area contributed by atoms with Crippen molar-refractivity contribution < 1.29 is 18.0 Å². The third-order valence-electron chi connectivity index (χ3n) is 3.77. The van der Waals surface area contributed by atoms with Gasteiger partial charge in [0.2, 0.25) is 5.91 Å². The number of nitrogens with zero attached hydrogens (tertiary/aromatic N) is 4. The molecule has 3 aromatic rings. The fourth-order valence-electron chi connectivity index (χ4n) is 2.57. The van der Waals surface area contributed by atoms with Gasteiger partial charge in [-0.2, -0.15) is 18.3 Å². The van der Waals surface area contributed by atoms with Gasteiger partial charge in [-0.3, -0.25) is 4.79 Å². The molecule has 0 saturated heterocycles. The summed E-state index contributed by atoms with van der Waals surface area (Å²) in [5, 5.41) is 7.03. The number of aryl methyl sites for hydroxylation is 2. The van der Waals surface area contributed by atoms with Crippen LogP contribution in [0.25, 0.3) is 5.82 Å². The van der Waals surface area contributed by atoms with Crippen molar-refractivity contribution in [2.24, 2.45) is 0 Å². The summed E-state index contributed by atoms with van der Waals surface area (Å²) in [4.78, 5) is 20.4. The minimum atomic E-state index is -4.64. The predicted molar refractivity (Wildman–Crippen MR) is 104 cm³/mol. The molecule has 0 fully saturated rings. The Morgan fingerprint density at radius 2 is 1.97 bits per heavy atom. The number of carbonyl (C=O) groups excluding carboxylic acids is 1. The van der Waals surface area contributed by atoms with Crippen molar-refractivity contribution in [2.45, 2.75) is 25.0 Å². The van der Waals surface area contributed by atoms with Gasteiger partial charge in [-0.1, -0.05) is 23.4 Å². The number of nitrogens with one attached hydrogen (secondary N) is 1. The molecule has 3 rings (SSSR count). The Kier molecular flexibility index (Phi) is 6.13. The van der Waals surface area contributed by atoms with Gasteiger partial charge in [0.05, 0.1) is 22.7 Å². The molecule has 152 valence electrons. The first kappa shape index (κ1) is 21.1. The van der Waals surface area contributed by atoms with Gasteiger partial charge in [-0.15, -0.1) is 0 Å². The van der Waals surface area contributed by atoms with Crippen molar-refractivity contribution in [1.29, 1.82) is 0 Å². The maximum Gasteiger partial charge on any atom is 0.418 e. The zero-order chi connectivity index (χ0) is 21.2. The van der Waals surface area contributed by atoms with Gasteiger partial charge in [-0.25, -0.2) is 14.6 Å². The van der Waals surface area contributed by atoms with E-state index in [9.17, 15) is 18.0 Å². The molecule has 0 unspecified atom stereocenters. The number of hydrogen-bond donors (Lipinski definition) is 1. The fourth-order valence-corrected chi connectivity index (χ4v) is 3.40. The Morgan fingerprint density at radius 1 is 1.21 bits per heavy atom. The first-order valence-corrected chi connectivity index (χ1v) is 9.65. The van der Waals surface area contributed by atoms with E-state index in [2.05, 4.69) is 20.4 Å². The molecule has 0 aliphatic rings. The lowest BCUT2D eigenvalue weighted by atomic mass is 10.1. The Labute approximate surface area is 173 Å². The fraction of sp³-hybridized carbons (Fsp3) is 0.222. The van der Waals surface area contributed by atoms with Crippen LogP contribution in [0.4, 0.5) is 18.9 Å². The number of thioether (sulfide) groups is 1. The molecule has 1 aromatic carbocycles. The molecule has 0 saturated carbocycles. The minimum Gasteiger partial charge on any atom is -0.325 e. The van der Waals surface area contributed by atoms with Crippen LogP contribution >= 0.6 is 23.4 Å². The second-order valence-electron chi connectivity index (χ2n) is 6.08. The Bertz CT molecular complexity index is 1050. The molecule has 0 spiro atoms. The summed E-state index contributed by atoms with van der Waals surface area (Å²) in [7, 11) is 0. The van der Waals surface area contributed by atoms with E-state index in [4.69, 9.17) is 11.6 Å². The molecule has 11 heteroatoms. The Balaban J connectivity index is 1.69. The molecule has 2 heterocycles. The molecule has 29 heavy (non-hydrogen) atoms. The summed E-state index contributed by atoms with van der Waals surface area (Å²) < 4.78 is 41.0. The normalized spacial score (nSPS) is 11.5. The van der Waals surface area contributed by atoms with Crippen molar-refractivity contribution in [3.05, 3.63) is 58.6 Å². The molecule has 0 aliphatic heterocycles. The SMILES string of the molecule is Cc1cc(C)n(-c2cc(SCC(=O)Nc3ccc(Cl)cc3C(F)(F)F)ncn2)n1. The molecule has 0 aliphatic carbocycles. The zero-order valence-corrected chi connectivity index (χ0v) is 16.9. The number of rotatable bonds is 5. The van der Waals surface area contributed by atoms with E-state index in [1.807, 2.05) is 19.9 Å². The van der Waals surface area contributed by atoms with Crippen LogP contribution in [0.2, 0.25) is 5.02 Å². The molecule has 0 radical (unpaired) electrons. The monoisotopic (exact) mass is 441 g/mol. The maximum absolute atomic E-state index is 13.1. The third kappa shape index (κ3) is 5.27. The van der Waals surface area contributed by atoms with E-state index >= 15 is 0 Å². The summed E-state index contributed by atoms with van der Waals surface area (Å²) in [6.07, 6.45) is -3.30. The van der Waals surface area contributed by atoms with E-state index in [0.29, 0.717) is 10.8 Å². The predicted octanol–water partition coefficient (Wildman–Crippen LogP) is 4.68. The summed E-state index contributed by atoms with van der Waals surface area (Å²) in [6.45, 7) is 3.74. The molecule has 0 atom stereocenters. The number of aromatic nitrogens is 4. The number of hydrogen-bond acceptors (Lipinski definition) is 5. The van der Waals surface area contributed by atoms with Crippen molar-refractivity contribution in [3.63, 3.8) is 0 Å². The van der Waals surface area contributed by atoms with Gasteiger partial charge >= 0.3 is 6.18 Å². The Morgan fingerprint density at radius 3 is 2.62 bits per heavy atom. The lowest BCUT2D eigenvalue weighted by Gasteiger charge is -2.14. The number of amides is 1. The lowest BCUT2D eigenvalue weighted by Crippen LogP contribution is -2.18. The average Bonchev–Trinajstić information content (AvgIpc) is 2.99. The second kappa shape index (κ2) is 8.42. The number of alkyl halides is 3. The van der Waals surface area contributed by atoms with Gasteiger partial charge in [0.15, 0.2) is 5.82 Å². The first-order valence-electron chi connectivity index (χ1n) is 8.28. The Hall–Kier alpha value is -2.59. The zero-order valence-electron chi connectivity index (χ0n) is 15.3. The first-order chi connectivity index (χ1) is 13.6. The molecule has 2 aromatic heterocycles. The van der Waals surface area contributed by atoms with Crippen LogP contribution in [0, 0.1) is 13.8 Å². The smallest absolute Gasteiger partial charge is 0.325 e. The summed E-state index contributed by atoms with van der Waals surface area (Å²) in [6, 6.07) is 6.73. The highest BCUT2D eigenvalue weighted by molar-refractivity contribution is 7.99. The summed E-state index contributed by atoms with van der Waals surface area (Å²) in [5.74, 6) is -0.201. The largest absolute Gasteiger partial charge is 0.418 e. The number of anilines is 1. The highest BCUT2D eigenvalue weighted by Crippen LogP contribution is 2.36. The average molecular weight is 442 g/mol. The van der Waals surface area contributed by atoms with Crippen LogP contribution in [0.15, 0.2) is 41.7 Å². The second-order valence-corrected chi connectivity index (χ2v) is 7.51. The van der Waals surface area contributed by atoms with Crippen LogP contribution in [0.3, 0.4) is 0 Å². The van der Waals surface area contributed by atoms with E-state index in [1.165, 1.54) is 12.4 Å². The molecular weight excluding hydrogens is 427 g/mol. The molecule has 0 bridgehead atoms. The summed E-state index contributed by atoms with van der Waals surface area (Å²) in [5.41, 5.74) is 0.367. The van der Waals surface area contributed by atoms with Gasteiger partial charge < -0.3 is 5.32 Å². The number of carbonyl (C=O) groups is 1. The number of benzene rings is 1. The maximum atomic E-state index is 13.1. The molecule has 1 amide bonds. The van der Waals surface area contributed by atoms with Gasteiger partial charge in [0.1, 0.15) is 11.4 Å². The van der Waals surface area contributed by atoms with Crippen molar-refractivity contribution in [2.75, 3.05) is 11.1 Å². The van der Waals surface area contributed by atoms with Crippen LogP contribution in [0.5, 0.6) is 0 Å². The topological polar surface area (TPSA) is 72.7 Å². The van der Waals surface area contributed by atoms with Crippen molar-refractivity contribution in [1.82, 2.24) is 19.7 Å². The quantitative estimate of drug-likeness (QED) is 0.459. The van der Waals surface area contributed by atoms with Crippen LogP contribution in [-0.4, -0.2) is 31.4 Å². The van der Waals surface area contributed by atoms with E-state index in [1.54, 1.807) is 10.7 Å². The van der Waals surface area contributed by atoms with E-state index in [0.717, 1.165) is 35.3 Å². The van der Waals surface area contributed by atoms with Gasteiger partial charge in [-0.05, 0) is 38.1 Å².